The van der Waals surface area contributed by atoms with Crippen molar-refractivity contribution in [3.05, 3.63) is 12.2 Å². The van der Waals surface area contributed by atoms with Crippen LogP contribution >= 0.6 is 0 Å². The van der Waals surface area contributed by atoms with Crippen molar-refractivity contribution in [1.82, 2.24) is 5.32 Å². The third-order valence-corrected chi connectivity index (χ3v) is 11.2. The van der Waals surface area contributed by atoms with E-state index in [-0.39, 0.29) is 0 Å². The van der Waals surface area contributed by atoms with Crippen LogP contribution in [0.2, 0.25) is 0 Å². The normalized spacial score (nSPS) is 14.2. The van der Waals surface area contributed by atoms with E-state index in [1.165, 1.54) is 186 Å². The number of hydrogen-bond acceptors (Lipinski definition) is 5. The zero-order valence-corrected chi connectivity index (χ0v) is 35.5. The molecule has 0 radical (unpaired) electrons. The average molecular weight is 752 g/mol. The first-order valence-electron chi connectivity index (χ1n) is 23.6. The number of amides is 1. The standard InChI is InChI=1S/C47H93NO5/c1-3-5-7-9-11-13-15-17-19-20-21-22-23-24-25-26-27-29-30-32-34-36-38-40-44(50)46(52)43(42-49)48-47(53)45(51)41-39-37-35-33-31-28-18-16-14-12-10-8-6-4-2/h32,34,43-46,49-52H,3-31,33,35-42H2,1-2H3,(H,48,53)/b34-32+. The number of nitrogens with one attached hydrogen (secondary N) is 1. The molecule has 0 aliphatic heterocycles. The van der Waals surface area contributed by atoms with Gasteiger partial charge in [0.2, 0.25) is 5.91 Å². The topological polar surface area (TPSA) is 110 Å². The van der Waals surface area contributed by atoms with Crippen LogP contribution < -0.4 is 5.32 Å². The fraction of sp³-hybridized carbons (Fsp3) is 0.936. The second kappa shape index (κ2) is 42.2. The van der Waals surface area contributed by atoms with E-state index in [4.69, 9.17) is 0 Å². The van der Waals surface area contributed by atoms with Crippen molar-refractivity contribution in [3.63, 3.8) is 0 Å². The number of aliphatic hydroxyl groups is 4. The van der Waals surface area contributed by atoms with Crippen molar-refractivity contribution >= 4 is 5.91 Å². The van der Waals surface area contributed by atoms with E-state index in [9.17, 15) is 25.2 Å². The minimum atomic E-state index is -1.28. The highest BCUT2D eigenvalue weighted by molar-refractivity contribution is 5.80. The SMILES string of the molecule is CCCCCCCCCCCCCCCCCCCC/C=C/CCCC(O)C(O)C(CO)NC(=O)C(O)CCCCCCCCCCCCCCCC. The molecule has 0 aromatic rings. The number of carbonyl (C=O) groups excluding carboxylic acids is 1. The number of allylic oxidation sites excluding steroid dienone is 2. The Morgan fingerprint density at radius 1 is 0.453 bits per heavy atom. The molecule has 0 rings (SSSR count). The van der Waals surface area contributed by atoms with Crippen molar-refractivity contribution in [2.24, 2.45) is 0 Å². The summed E-state index contributed by atoms with van der Waals surface area (Å²) in [6.07, 6.45) is 46.8. The van der Waals surface area contributed by atoms with Crippen molar-refractivity contribution in [1.29, 1.82) is 0 Å². The Morgan fingerprint density at radius 3 is 1.13 bits per heavy atom. The second-order valence-electron chi connectivity index (χ2n) is 16.5. The number of unbranched alkanes of at least 4 members (excludes halogenated alkanes) is 32. The predicted octanol–water partition coefficient (Wildman–Crippen LogP) is 12.6. The fourth-order valence-electron chi connectivity index (χ4n) is 7.46. The Hall–Kier alpha value is -0.950. The van der Waals surface area contributed by atoms with Crippen LogP contribution in [0.3, 0.4) is 0 Å². The average Bonchev–Trinajstić information content (AvgIpc) is 3.16. The highest BCUT2D eigenvalue weighted by Crippen LogP contribution is 2.17. The molecule has 316 valence electrons. The van der Waals surface area contributed by atoms with Gasteiger partial charge in [0.25, 0.3) is 0 Å². The van der Waals surface area contributed by atoms with E-state index < -0.39 is 36.9 Å². The summed E-state index contributed by atoms with van der Waals surface area (Å²) >= 11 is 0. The lowest BCUT2D eigenvalue weighted by atomic mass is 10.00. The molecule has 0 bridgehead atoms. The van der Waals surface area contributed by atoms with Crippen molar-refractivity contribution in [2.75, 3.05) is 6.61 Å². The minimum absolute atomic E-state index is 0.368. The molecule has 6 nitrogen and oxygen atoms in total. The lowest BCUT2D eigenvalue weighted by Crippen LogP contribution is -2.53. The Kier molecular flexibility index (Phi) is 41.4. The van der Waals surface area contributed by atoms with Gasteiger partial charge in [-0.05, 0) is 38.5 Å². The summed E-state index contributed by atoms with van der Waals surface area (Å²) in [7, 11) is 0. The van der Waals surface area contributed by atoms with Gasteiger partial charge in [-0.25, -0.2) is 0 Å². The summed E-state index contributed by atoms with van der Waals surface area (Å²) in [5.74, 6) is -0.590. The van der Waals surface area contributed by atoms with Gasteiger partial charge in [-0.1, -0.05) is 225 Å². The molecule has 0 aliphatic carbocycles. The van der Waals surface area contributed by atoms with Crippen molar-refractivity contribution in [3.8, 4) is 0 Å². The summed E-state index contributed by atoms with van der Waals surface area (Å²) in [6, 6.07) is -0.997. The molecule has 1 amide bonds. The van der Waals surface area contributed by atoms with Crippen LogP contribution in [-0.2, 0) is 4.79 Å². The maximum absolute atomic E-state index is 12.5. The minimum Gasteiger partial charge on any atom is -0.394 e. The number of aliphatic hydroxyl groups excluding tert-OH is 4. The lowest BCUT2D eigenvalue weighted by Gasteiger charge is -2.27. The zero-order valence-electron chi connectivity index (χ0n) is 35.5. The maximum Gasteiger partial charge on any atom is 0.249 e. The smallest absolute Gasteiger partial charge is 0.249 e. The van der Waals surface area contributed by atoms with Gasteiger partial charge >= 0.3 is 0 Å². The molecule has 0 aliphatic rings. The molecule has 5 N–H and O–H groups in total. The summed E-state index contributed by atoms with van der Waals surface area (Å²) in [6.45, 7) is 4.05. The molecule has 0 saturated carbocycles. The van der Waals surface area contributed by atoms with Gasteiger partial charge < -0.3 is 25.7 Å². The first kappa shape index (κ1) is 52.0. The molecule has 0 spiro atoms. The summed E-state index contributed by atoms with van der Waals surface area (Å²) in [5, 5.41) is 43.7. The molecule has 0 saturated heterocycles. The van der Waals surface area contributed by atoms with Crippen molar-refractivity contribution in [2.45, 2.75) is 276 Å². The van der Waals surface area contributed by atoms with Gasteiger partial charge in [0.1, 0.15) is 12.2 Å². The van der Waals surface area contributed by atoms with Crippen molar-refractivity contribution < 1.29 is 25.2 Å². The van der Waals surface area contributed by atoms with Crippen LogP contribution in [0.4, 0.5) is 0 Å². The fourth-order valence-corrected chi connectivity index (χ4v) is 7.46. The summed E-state index contributed by atoms with van der Waals surface area (Å²) < 4.78 is 0. The van der Waals surface area contributed by atoms with Crippen LogP contribution in [-0.4, -0.2) is 57.3 Å². The first-order chi connectivity index (χ1) is 26.0. The Morgan fingerprint density at radius 2 is 0.774 bits per heavy atom. The highest BCUT2D eigenvalue weighted by atomic mass is 16.3. The van der Waals surface area contributed by atoms with E-state index in [1.807, 2.05) is 0 Å². The monoisotopic (exact) mass is 752 g/mol. The molecule has 0 aromatic carbocycles. The number of hydrogen-bond donors (Lipinski definition) is 5. The Labute approximate surface area is 330 Å². The van der Waals surface area contributed by atoms with Crippen LogP contribution in [0, 0.1) is 0 Å². The van der Waals surface area contributed by atoms with E-state index in [0.717, 1.165) is 38.5 Å². The molecule has 4 unspecified atom stereocenters. The molecular weight excluding hydrogens is 659 g/mol. The molecule has 53 heavy (non-hydrogen) atoms. The predicted molar refractivity (Wildman–Crippen MR) is 228 cm³/mol. The van der Waals surface area contributed by atoms with Gasteiger partial charge in [0.15, 0.2) is 0 Å². The number of rotatable bonds is 43. The molecule has 6 heteroatoms. The quantitative estimate of drug-likeness (QED) is 0.0315. The van der Waals surface area contributed by atoms with Crippen LogP contribution in [0.1, 0.15) is 251 Å². The number of carbonyl (C=O) groups is 1. The van der Waals surface area contributed by atoms with Gasteiger partial charge in [-0.2, -0.15) is 0 Å². The third kappa shape index (κ3) is 36.4. The molecule has 0 heterocycles. The third-order valence-electron chi connectivity index (χ3n) is 11.2. The van der Waals surface area contributed by atoms with Gasteiger partial charge in [0.05, 0.1) is 18.8 Å². The first-order valence-corrected chi connectivity index (χ1v) is 23.6. The van der Waals surface area contributed by atoms with E-state index in [2.05, 4.69) is 31.3 Å². The zero-order chi connectivity index (χ0) is 38.9. The summed E-state index contributed by atoms with van der Waals surface area (Å²) in [4.78, 5) is 12.5. The van der Waals surface area contributed by atoms with E-state index in [1.54, 1.807) is 0 Å². The van der Waals surface area contributed by atoms with E-state index in [0.29, 0.717) is 12.8 Å². The maximum atomic E-state index is 12.5. The van der Waals surface area contributed by atoms with Crippen LogP contribution in [0.15, 0.2) is 12.2 Å². The lowest BCUT2D eigenvalue weighted by molar-refractivity contribution is -0.132. The Bertz CT molecular complexity index is 761. The second-order valence-corrected chi connectivity index (χ2v) is 16.5. The molecular formula is C47H93NO5. The van der Waals surface area contributed by atoms with Gasteiger partial charge in [-0.15, -0.1) is 0 Å². The largest absolute Gasteiger partial charge is 0.394 e. The Balaban J connectivity index is 3.70. The molecule has 0 aromatic heterocycles. The van der Waals surface area contributed by atoms with Crippen LogP contribution in [0.5, 0.6) is 0 Å². The summed E-state index contributed by atoms with van der Waals surface area (Å²) in [5.41, 5.74) is 0. The van der Waals surface area contributed by atoms with Crippen LogP contribution in [0.25, 0.3) is 0 Å². The molecule has 0 fully saturated rings. The molecule has 4 atom stereocenters. The van der Waals surface area contributed by atoms with Gasteiger partial charge in [0, 0.05) is 0 Å². The van der Waals surface area contributed by atoms with Gasteiger partial charge in [-0.3, -0.25) is 4.79 Å². The highest BCUT2D eigenvalue weighted by Gasteiger charge is 2.28. The van der Waals surface area contributed by atoms with E-state index >= 15 is 0 Å².